The molecule has 1 fully saturated rings. The van der Waals surface area contributed by atoms with E-state index in [1.807, 2.05) is 6.07 Å². The molecule has 1 unspecified atom stereocenters. The quantitative estimate of drug-likeness (QED) is 0.198. The zero-order valence-electron chi connectivity index (χ0n) is 20.8. The summed E-state index contributed by atoms with van der Waals surface area (Å²) in [7, 11) is 1.53. The monoisotopic (exact) mass is 665 g/mol. The minimum atomic E-state index is -5.96. The fraction of sp³-hybridized carbons (Fsp3) is 0.393. The Hall–Kier alpha value is -2.54. The van der Waals surface area contributed by atoms with E-state index < -0.39 is 29.4 Å². The van der Waals surface area contributed by atoms with E-state index in [4.69, 9.17) is 9.47 Å². The Bertz CT molecular complexity index is 1250. The molecule has 1 saturated carbocycles. The molecule has 1 aliphatic rings. The van der Waals surface area contributed by atoms with Crippen molar-refractivity contribution in [2.24, 2.45) is 0 Å². The molecular formula is C28H26F6INO3. The molecule has 11 heteroatoms. The first-order valence-electron chi connectivity index (χ1n) is 12.2. The smallest absolute Gasteiger partial charge is 0.430 e. The van der Waals surface area contributed by atoms with Crippen LogP contribution >= 0.6 is 22.6 Å². The van der Waals surface area contributed by atoms with Crippen LogP contribution in [0.5, 0.6) is 11.5 Å². The predicted octanol–water partition coefficient (Wildman–Crippen LogP) is 7.70. The first kappa shape index (κ1) is 29.4. The Kier molecular flexibility index (Phi) is 8.70. The lowest BCUT2D eigenvalue weighted by Crippen LogP contribution is -2.53. The number of methoxy groups -OCH3 is 1. The molecule has 2 aromatic carbocycles. The predicted molar refractivity (Wildman–Crippen MR) is 141 cm³/mol. The third-order valence-corrected chi connectivity index (χ3v) is 7.93. The van der Waals surface area contributed by atoms with Gasteiger partial charge >= 0.3 is 12.4 Å². The maximum Gasteiger partial charge on any atom is 0.430 e. The first-order chi connectivity index (χ1) is 18.3. The lowest BCUT2D eigenvalue weighted by atomic mass is 9.84. The van der Waals surface area contributed by atoms with Crippen LogP contribution in [0.15, 0.2) is 60.9 Å². The molecule has 1 atom stereocenters. The Morgan fingerprint density at radius 2 is 1.51 bits per heavy atom. The molecule has 0 saturated heterocycles. The van der Waals surface area contributed by atoms with Gasteiger partial charge in [0.1, 0.15) is 0 Å². The molecule has 210 valence electrons. The van der Waals surface area contributed by atoms with Crippen LogP contribution in [0.25, 0.3) is 0 Å². The summed E-state index contributed by atoms with van der Waals surface area (Å²) in [6.45, 7) is 0. The highest BCUT2D eigenvalue weighted by molar-refractivity contribution is 14.1. The Morgan fingerprint density at radius 3 is 2.05 bits per heavy atom. The van der Waals surface area contributed by atoms with Crippen molar-refractivity contribution in [3.8, 4) is 11.5 Å². The number of hydrogen-bond acceptors (Lipinski definition) is 4. The van der Waals surface area contributed by atoms with Crippen LogP contribution in [0.1, 0.15) is 53.9 Å². The number of halogens is 7. The minimum Gasteiger partial charge on any atom is -0.493 e. The third kappa shape index (κ3) is 6.13. The average molecular weight is 665 g/mol. The minimum absolute atomic E-state index is 0.0344. The van der Waals surface area contributed by atoms with Crippen molar-refractivity contribution in [3.05, 3.63) is 86.7 Å². The fourth-order valence-corrected chi connectivity index (χ4v) is 5.68. The summed E-state index contributed by atoms with van der Waals surface area (Å²) < 4.78 is 93.1. The average Bonchev–Trinajstić information content (AvgIpc) is 3.40. The van der Waals surface area contributed by atoms with Crippen LogP contribution in [-0.4, -0.2) is 35.7 Å². The highest BCUT2D eigenvalue weighted by atomic mass is 127. The molecular weight excluding hydrogens is 639 g/mol. The van der Waals surface area contributed by atoms with Crippen molar-refractivity contribution in [1.29, 1.82) is 0 Å². The second-order valence-corrected chi connectivity index (χ2v) is 10.7. The normalized spacial score (nSPS) is 15.8. The number of pyridine rings is 1. The van der Waals surface area contributed by atoms with E-state index in [0.29, 0.717) is 35.6 Å². The van der Waals surface area contributed by atoms with Gasteiger partial charge in [0, 0.05) is 27.4 Å². The number of alkyl halides is 6. The van der Waals surface area contributed by atoms with Gasteiger partial charge in [-0.05, 0) is 95.7 Å². The zero-order chi connectivity index (χ0) is 28.4. The van der Waals surface area contributed by atoms with E-state index in [2.05, 4.69) is 27.6 Å². The van der Waals surface area contributed by atoms with Crippen LogP contribution in [-0.2, 0) is 12.0 Å². The number of aliphatic hydroxyl groups is 1. The maximum absolute atomic E-state index is 13.4. The third-order valence-electron chi connectivity index (χ3n) is 6.99. The van der Waals surface area contributed by atoms with Gasteiger partial charge in [0.2, 0.25) is 0 Å². The second-order valence-electron chi connectivity index (χ2n) is 9.49. The molecule has 3 aromatic rings. The summed E-state index contributed by atoms with van der Waals surface area (Å²) in [6, 6.07) is 11.0. The summed E-state index contributed by atoms with van der Waals surface area (Å²) in [5.41, 5.74) is -4.18. The lowest BCUT2D eigenvalue weighted by Gasteiger charge is -2.33. The lowest BCUT2D eigenvalue weighted by molar-refractivity contribution is -0.376. The Labute approximate surface area is 235 Å². The van der Waals surface area contributed by atoms with Crippen molar-refractivity contribution < 1.29 is 40.9 Å². The van der Waals surface area contributed by atoms with Crippen LogP contribution in [0.3, 0.4) is 0 Å². The SMILES string of the molecule is COc1cc(I)c(C(Cc2ccncc2)c2ccc(C(O)(C(F)(F)F)C(F)(F)F)cc2)cc1OC1CCCC1. The van der Waals surface area contributed by atoms with Gasteiger partial charge in [0.25, 0.3) is 5.60 Å². The van der Waals surface area contributed by atoms with Crippen molar-refractivity contribution >= 4 is 22.6 Å². The van der Waals surface area contributed by atoms with E-state index in [9.17, 15) is 31.4 Å². The van der Waals surface area contributed by atoms with Gasteiger partial charge in [-0.2, -0.15) is 26.3 Å². The molecule has 0 spiro atoms. The summed E-state index contributed by atoms with van der Waals surface area (Å²) in [4.78, 5) is 4.02. The summed E-state index contributed by atoms with van der Waals surface area (Å²) >= 11 is 2.13. The topological polar surface area (TPSA) is 51.6 Å². The standard InChI is InChI=1S/C28H26F6INO3/c1-38-24-16-23(35)22(15-25(24)39-20-4-2-3-5-20)21(14-17-10-12-36-13-11-17)18-6-8-19(9-7-18)26(37,27(29,30)31)28(32,33)34/h6-13,15-16,20-21,37H,2-5,14H2,1H3. The first-order valence-corrected chi connectivity index (χ1v) is 13.3. The number of rotatable bonds is 8. The summed E-state index contributed by atoms with van der Waals surface area (Å²) in [6.07, 6.45) is -4.34. The van der Waals surface area contributed by atoms with Crippen molar-refractivity contribution in [2.45, 2.75) is 62.1 Å². The largest absolute Gasteiger partial charge is 0.493 e. The molecule has 1 aromatic heterocycles. The molecule has 0 radical (unpaired) electrons. The fourth-order valence-electron chi connectivity index (χ4n) is 4.86. The van der Waals surface area contributed by atoms with E-state index in [1.54, 1.807) is 30.6 Å². The molecule has 1 heterocycles. The second kappa shape index (κ2) is 11.5. The molecule has 39 heavy (non-hydrogen) atoms. The number of hydrogen-bond donors (Lipinski definition) is 1. The molecule has 0 bridgehead atoms. The van der Waals surface area contributed by atoms with Crippen molar-refractivity contribution in [1.82, 2.24) is 4.98 Å². The zero-order valence-corrected chi connectivity index (χ0v) is 23.0. The van der Waals surface area contributed by atoms with Crippen LogP contribution < -0.4 is 9.47 Å². The van der Waals surface area contributed by atoms with E-state index >= 15 is 0 Å². The number of ether oxygens (including phenoxy) is 2. The van der Waals surface area contributed by atoms with Gasteiger partial charge in [-0.15, -0.1) is 0 Å². The van der Waals surface area contributed by atoms with Gasteiger partial charge in [0.15, 0.2) is 11.5 Å². The highest BCUT2D eigenvalue weighted by Gasteiger charge is 2.71. The van der Waals surface area contributed by atoms with Gasteiger partial charge in [-0.1, -0.05) is 24.3 Å². The maximum atomic E-state index is 13.4. The van der Waals surface area contributed by atoms with Crippen molar-refractivity contribution in [3.63, 3.8) is 0 Å². The molecule has 0 amide bonds. The molecule has 4 nitrogen and oxygen atoms in total. The number of benzene rings is 2. The van der Waals surface area contributed by atoms with Crippen LogP contribution in [0, 0.1) is 3.57 Å². The van der Waals surface area contributed by atoms with Crippen LogP contribution in [0.2, 0.25) is 0 Å². The highest BCUT2D eigenvalue weighted by Crippen LogP contribution is 2.50. The van der Waals surface area contributed by atoms with Gasteiger partial charge in [-0.25, -0.2) is 0 Å². The van der Waals surface area contributed by atoms with Gasteiger partial charge in [0.05, 0.1) is 13.2 Å². The summed E-state index contributed by atoms with van der Waals surface area (Å²) in [5, 5.41) is 9.82. The Balaban J connectivity index is 1.79. The number of nitrogens with zero attached hydrogens (tertiary/aromatic N) is 1. The summed E-state index contributed by atoms with van der Waals surface area (Å²) in [5.74, 6) is 0.600. The van der Waals surface area contributed by atoms with Crippen molar-refractivity contribution in [2.75, 3.05) is 7.11 Å². The van der Waals surface area contributed by atoms with Gasteiger partial charge < -0.3 is 14.6 Å². The van der Waals surface area contributed by atoms with Crippen LogP contribution in [0.4, 0.5) is 26.3 Å². The molecule has 0 aliphatic heterocycles. The molecule has 1 aliphatic carbocycles. The molecule has 4 rings (SSSR count). The van der Waals surface area contributed by atoms with E-state index in [-0.39, 0.29) is 6.10 Å². The van der Waals surface area contributed by atoms with Gasteiger partial charge in [-0.3, -0.25) is 4.98 Å². The van der Waals surface area contributed by atoms with E-state index in [0.717, 1.165) is 40.4 Å². The van der Waals surface area contributed by atoms with E-state index in [1.165, 1.54) is 19.2 Å². The molecule has 1 N–H and O–H groups in total. The number of aromatic nitrogens is 1. The Morgan fingerprint density at radius 1 is 0.923 bits per heavy atom.